The summed E-state index contributed by atoms with van der Waals surface area (Å²) in [5.74, 6) is -0.210. The van der Waals surface area contributed by atoms with Crippen LogP contribution in [0.5, 0.6) is 0 Å². The third kappa shape index (κ3) is 5.31. The molecule has 1 heterocycles. The van der Waals surface area contributed by atoms with Crippen molar-refractivity contribution >= 4 is 17.8 Å². The Labute approximate surface area is 152 Å². The zero-order chi connectivity index (χ0) is 18.2. The molecule has 2 aromatic carbocycles. The van der Waals surface area contributed by atoms with Gasteiger partial charge in [0.2, 0.25) is 0 Å². The van der Waals surface area contributed by atoms with E-state index in [4.69, 9.17) is 0 Å². The van der Waals surface area contributed by atoms with Gasteiger partial charge in [-0.05, 0) is 24.6 Å². The molecule has 1 aromatic heterocycles. The van der Waals surface area contributed by atoms with Crippen LogP contribution >= 0.6 is 0 Å². The third-order valence-corrected chi connectivity index (χ3v) is 3.75. The second-order valence-electron chi connectivity index (χ2n) is 5.97. The number of hydrogen-bond donors (Lipinski definition) is 2. The summed E-state index contributed by atoms with van der Waals surface area (Å²) in [5, 5.41) is 11.3. The van der Waals surface area contributed by atoms with Crippen LogP contribution in [-0.2, 0) is 11.3 Å². The van der Waals surface area contributed by atoms with E-state index in [1.807, 2.05) is 60.3 Å². The second-order valence-corrected chi connectivity index (χ2v) is 5.97. The van der Waals surface area contributed by atoms with Crippen LogP contribution in [0.15, 0.2) is 72.1 Å². The Morgan fingerprint density at radius 1 is 1.15 bits per heavy atom. The van der Waals surface area contributed by atoms with E-state index in [-0.39, 0.29) is 12.5 Å². The lowest BCUT2D eigenvalue weighted by atomic mass is 10.2. The first-order chi connectivity index (χ1) is 12.7. The standard InChI is InChI=1S/C20H21N5O/c1-16-7-9-19(10-8-16)21-13-20(26)24-22-11-18-12-23-25(15-18)14-17-5-3-2-4-6-17/h2-12,15,21H,13-14H2,1H3,(H,24,26)/b22-11-. The summed E-state index contributed by atoms with van der Waals surface area (Å²) >= 11 is 0. The molecule has 0 aliphatic carbocycles. The van der Waals surface area contributed by atoms with Crippen molar-refractivity contribution in [2.75, 3.05) is 11.9 Å². The monoisotopic (exact) mass is 347 g/mol. The number of anilines is 1. The first-order valence-electron chi connectivity index (χ1n) is 8.38. The second kappa shape index (κ2) is 8.62. The van der Waals surface area contributed by atoms with Crippen LogP contribution in [0.25, 0.3) is 0 Å². The van der Waals surface area contributed by atoms with Gasteiger partial charge >= 0.3 is 0 Å². The summed E-state index contributed by atoms with van der Waals surface area (Å²) in [6.07, 6.45) is 5.18. The highest BCUT2D eigenvalue weighted by Gasteiger charge is 2.00. The number of hydrazone groups is 1. The molecule has 0 saturated carbocycles. The van der Waals surface area contributed by atoms with Crippen molar-refractivity contribution in [2.24, 2.45) is 5.10 Å². The van der Waals surface area contributed by atoms with Crippen molar-refractivity contribution in [1.82, 2.24) is 15.2 Å². The SMILES string of the molecule is Cc1ccc(NCC(=O)N/N=C\c2cnn(Cc3ccccc3)c2)cc1. The van der Waals surface area contributed by atoms with E-state index >= 15 is 0 Å². The van der Waals surface area contributed by atoms with Crippen LogP contribution in [0.4, 0.5) is 5.69 Å². The average molecular weight is 347 g/mol. The zero-order valence-electron chi connectivity index (χ0n) is 14.6. The van der Waals surface area contributed by atoms with E-state index in [0.717, 1.165) is 11.3 Å². The molecule has 0 aliphatic heterocycles. The van der Waals surface area contributed by atoms with Gasteiger partial charge in [0.05, 0.1) is 25.5 Å². The number of carbonyl (C=O) groups excluding carboxylic acids is 1. The maximum absolute atomic E-state index is 11.8. The predicted octanol–water partition coefficient (Wildman–Crippen LogP) is 2.80. The minimum absolute atomic E-state index is 0.160. The molecule has 0 saturated heterocycles. The van der Waals surface area contributed by atoms with Crippen molar-refractivity contribution in [3.8, 4) is 0 Å². The van der Waals surface area contributed by atoms with E-state index < -0.39 is 0 Å². The van der Waals surface area contributed by atoms with Crippen LogP contribution in [0.3, 0.4) is 0 Å². The van der Waals surface area contributed by atoms with E-state index in [9.17, 15) is 4.79 Å². The predicted molar refractivity (Wildman–Crippen MR) is 103 cm³/mol. The van der Waals surface area contributed by atoms with Crippen LogP contribution in [0.1, 0.15) is 16.7 Å². The lowest BCUT2D eigenvalue weighted by Gasteiger charge is -2.05. The van der Waals surface area contributed by atoms with Gasteiger partial charge in [-0.15, -0.1) is 0 Å². The van der Waals surface area contributed by atoms with Gasteiger partial charge in [-0.3, -0.25) is 9.48 Å². The molecule has 0 spiro atoms. The molecule has 0 unspecified atom stereocenters. The summed E-state index contributed by atoms with van der Waals surface area (Å²) < 4.78 is 1.83. The minimum atomic E-state index is -0.210. The van der Waals surface area contributed by atoms with Crippen molar-refractivity contribution in [2.45, 2.75) is 13.5 Å². The van der Waals surface area contributed by atoms with Gasteiger partial charge in [0, 0.05) is 17.4 Å². The molecule has 1 amide bonds. The quantitative estimate of drug-likeness (QED) is 0.510. The van der Waals surface area contributed by atoms with Crippen LogP contribution in [-0.4, -0.2) is 28.4 Å². The number of aromatic nitrogens is 2. The minimum Gasteiger partial charge on any atom is -0.376 e. The fraction of sp³-hybridized carbons (Fsp3) is 0.150. The number of carbonyl (C=O) groups is 1. The highest BCUT2D eigenvalue weighted by atomic mass is 16.2. The fourth-order valence-electron chi connectivity index (χ4n) is 2.38. The van der Waals surface area contributed by atoms with Crippen LogP contribution in [0.2, 0.25) is 0 Å². The van der Waals surface area contributed by atoms with Gasteiger partial charge in [-0.25, -0.2) is 5.43 Å². The summed E-state index contributed by atoms with van der Waals surface area (Å²) in [4.78, 5) is 11.8. The highest BCUT2D eigenvalue weighted by molar-refractivity contribution is 5.83. The summed E-state index contributed by atoms with van der Waals surface area (Å²) in [6.45, 7) is 2.88. The molecular formula is C20H21N5O. The number of nitrogens with zero attached hydrogens (tertiary/aromatic N) is 3. The first kappa shape index (κ1) is 17.4. The lowest BCUT2D eigenvalue weighted by Crippen LogP contribution is -2.25. The largest absolute Gasteiger partial charge is 0.376 e. The number of hydrogen-bond acceptors (Lipinski definition) is 4. The van der Waals surface area contributed by atoms with E-state index in [2.05, 4.69) is 33.1 Å². The van der Waals surface area contributed by atoms with E-state index in [1.165, 1.54) is 11.1 Å². The highest BCUT2D eigenvalue weighted by Crippen LogP contribution is 2.07. The molecular weight excluding hydrogens is 326 g/mol. The van der Waals surface area contributed by atoms with Crippen molar-refractivity contribution in [3.63, 3.8) is 0 Å². The van der Waals surface area contributed by atoms with Gasteiger partial charge in [0.1, 0.15) is 0 Å². The maximum Gasteiger partial charge on any atom is 0.259 e. The maximum atomic E-state index is 11.8. The molecule has 0 aliphatic rings. The number of rotatable bonds is 7. The fourth-order valence-corrected chi connectivity index (χ4v) is 2.38. The smallest absolute Gasteiger partial charge is 0.259 e. The average Bonchev–Trinajstić information content (AvgIpc) is 3.09. The number of amides is 1. The Hall–Kier alpha value is -3.41. The summed E-state index contributed by atoms with van der Waals surface area (Å²) in [6, 6.07) is 18.0. The molecule has 0 fully saturated rings. The van der Waals surface area contributed by atoms with Crippen molar-refractivity contribution in [3.05, 3.63) is 83.7 Å². The Morgan fingerprint density at radius 3 is 2.69 bits per heavy atom. The van der Waals surface area contributed by atoms with Crippen molar-refractivity contribution < 1.29 is 4.79 Å². The molecule has 132 valence electrons. The molecule has 3 aromatic rings. The number of aryl methyl sites for hydroxylation is 1. The van der Waals surface area contributed by atoms with Crippen molar-refractivity contribution in [1.29, 1.82) is 0 Å². The molecule has 3 rings (SSSR count). The first-order valence-corrected chi connectivity index (χ1v) is 8.38. The number of nitrogens with one attached hydrogen (secondary N) is 2. The Balaban J connectivity index is 1.44. The zero-order valence-corrected chi connectivity index (χ0v) is 14.6. The molecule has 0 atom stereocenters. The third-order valence-electron chi connectivity index (χ3n) is 3.75. The Kier molecular flexibility index (Phi) is 5.77. The molecule has 0 bridgehead atoms. The normalized spacial score (nSPS) is 10.8. The Bertz CT molecular complexity index is 869. The van der Waals surface area contributed by atoms with Crippen LogP contribution < -0.4 is 10.7 Å². The van der Waals surface area contributed by atoms with E-state index in [1.54, 1.807) is 12.4 Å². The summed E-state index contributed by atoms with van der Waals surface area (Å²) in [7, 11) is 0. The summed E-state index contributed by atoms with van der Waals surface area (Å²) in [5.41, 5.74) is 6.58. The van der Waals surface area contributed by atoms with Gasteiger partial charge in [0.25, 0.3) is 5.91 Å². The van der Waals surface area contributed by atoms with Gasteiger partial charge in [0.15, 0.2) is 0 Å². The lowest BCUT2D eigenvalue weighted by molar-refractivity contribution is -0.119. The topological polar surface area (TPSA) is 71.3 Å². The molecule has 6 nitrogen and oxygen atoms in total. The van der Waals surface area contributed by atoms with Crippen LogP contribution in [0, 0.1) is 6.92 Å². The van der Waals surface area contributed by atoms with E-state index in [0.29, 0.717) is 6.54 Å². The number of benzene rings is 2. The Morgan fingerprint density at radius 2 is 1.92 bits per heavy atom. The van der Waals surface area contributed by atoms with Gasteiger partial charge < -0.3 is 5.32 Å². The molecule has 2 N–H and O–H groups in total. The molecule has 0 radical (unpaired) electrons. The molecule has 6 heteroatoms. The van der Waals surface area contributed by atoms with Gasteiger partial charge in [-0.1, -0.05) is 48.0 Å². The molecule has 26 heavy (non-hydrogen) atoms. The van der Waals surface area contributed by atoms with Gasteiger partial charge in [-0.2, -0.15) is 10.2 Å².